The van der Waals surface area contributed by atoms with Crippen LogP contribution in [-0.2, 0) is 5.60 Å². The van der Waals surface area contributed by atoms with Crippen molar-refractivity contribution < 1.29 is 37.4 Å². The van der Waals surface area contributed by atoms with Gasteiger partial charge in [0.1, 0.15) is 11.6 Å². The molecule has 0 saturated heterocycles. The van der Waals surface area contributed by atoms with E-state index in [4.69, 9.17) is 23.2 Å². The minimum atomic E-state index is -3.83. The van der Waals surface area contributed by atoms with E-state index in [0.717, 1.165) is 47.4 Å². The highest BCUT2D eigenvalue weighted by atomic mass is 35.5. The van der Waals surface area contributed by atoms with E-state index in [1.165, 1.54) is 12.1 Å². The van der Waals surface area contributed by atoms with Crippen LogP contribution in [0.3, 0.4) is 0 Å². The van der Waals surface area contributed by atoms with Crippen molar-refractivity contribution in [2.24, 2.45) is 0 Å². The van der Waals surface area contributed by atoms with Crippen LogP contribution in [0, 0.1) is 11.6 Å². The maximum absolute atomic E-state index is 14.9. The number of halogens is 6. The Balaban J connectivity index is 1.66. The number of rotatable bonds is 4. The fourth-order valence-corrected chi connectivity index (χ4v) is 4.41. The number of nitrogens with one attached hydrogen (secondary N) is 1. The molecule has 4 rings (SSSR count). The molecule has 6 nitrogen and oxygen atoms in total. The van der Waals surface area contributed by atoms with Gasteiger partial charge in [0, 0.05) is 29.1 Å². The molecule has 1 aliphatic rings. The SMILES string of the molecule is O=C(Nc1ccc(C(=O)N2CCC(F)(F)[C@](O)(CO)c3cc(Cl)ccc32)cc1F)c1cc(F)ccc1Cl. The first kappa shape index (κ1) is 26.9. The Morgan fingerprint density at radius 1 is 1.03 bits per heavy atom. The Morgan fingerprint density at radius 3 is 2.43 bits per heavy atom. The average Bonchev–Trinajstić information content (AvgIpc) is 2.94. The van der Waals surface area contributed by atoms with Gasteiger partial charge in [0.25, 0.3) is 17.7 Å². The molecule has 0 saturated carbocycles. The molecule has 0 aromatic heterocycles. The summed E-state index contributed by atoms with van der Waals surface area (Å²) in [5, 5.41) is 22.5. The maximum atomic E-state index is 14.9. The predicted octanol–water partition coefficient (Wildman–Crippen LogP) is 5.39. The number of hydrogen-bond donors (Lipinski definition) is 3. The van der Waals surface area contributed by atoms with Gasteiger partial charge in [-0.3, -0.25) is 9.59 Å². The van der Waals surface area contributed by atoms with Crippen LogP contribution in [0.4, 0.5) is 28.9 Å². The highest BCUT2D eigenvalue weighted by Gasteiger charge is 2.56. The van der Waals surface area contributed by atoms with E-state index in [2.05, 4.69) is 5.32 Å². The van der Waals surface area contributed by atoms with Crippen LogP contribution in [-0.4, -0.2) is 41.1 Å². The smallest absolute Gasteiger partial charge is 0.284 e. The number of carbonyl (C=O) groups excluding carboxylic acids is 2. The lowest BCUT2D eigenvalue weighted by atomic mass is 9.86. The Labute approximate surface area is 218 Å². The molecule has 12 heteroatoms. The topological polar surface area (TPSA) is 89.9 Å². The van der Waals surface area contributed by atoms with Crippen molar-refractivity contribution in [2.45, 2.75) is 17.9 Å². The maximum Gasteiger partial charge on any atom is 0.284 e. The van der Waals surface area contributed by atoms with Crippen molar-refractivity contribution >= 4 is 46.4 Å². The third kappa shape index (κ3) is 4.89. The number of aliphatic hydroxyl groups excluding tert-OH is 1. The molecular weight excluding hydrogens is 539 g/mol. The Morgan fingerprint density at radius 2 is 1.76 bits per heavy atom. The van der Waals surface area contributed by atoms with Gasteiger partial charge in [-0.25, -0.2) is 17.6 Å². The van der Waals surface area contributed by atoms with E-state index in [0.29, 0.717) is 0 Å². The number of alkyl halides is 2. The van der Waals surface area contributed by atoms with Crippen molar-refractivity contribution in [3.8, 4) is 0 Å². The van der Waals surface area contributed by atoms with E-state index in [-0.39, 0.29) is 32.5 Å². The molecule has 0 bridgehead atoms. The van der Waals surface area contributed by atoms with E-state index in [1.54, 1.807) is 0 Å². The van der Waals surface area contributed by atoms with Crippen molar-refractivity contribution in [1.82, 2.24) is 0 Å². The zero-order valence-electron chi connectivity index (χ0n) is 18.7. The van der Waals surface area contributed by atoms with E-state index in [9.17, 15) is 37.4 Å². The molecule has 0 fully saturated rings. The zero-order valence-corrected chi connectivity index (χ0v) is 20.3. The first-order valence-corrected chi connectivity index (χ1v) is 11.5. The lowest BCUT2D eigenvalue weighted by Crippen LogP contribution is -2.48. The van der Waals surface area contributed by atoms with E-state index >= 15 is 0 Å². The number of hydrogen-bond acceptors (Lipinski definition) is 4. The summed E-state index contributed by atoms with van der Waals surface area (Å²) in [7, 11) is 0. The molecule has 0 unspecified atom stereocenters. The normalized spacial score (nSPS) is 18.6. The number of anilines is 2. The number of benzene rings is 3. The van der Waals surface area contributed by atoms with E-state index in [1.807, 2.05) is 0 Å². The quantitative estimate of drug-likeness (QED) is 0.376. The third-order valence-electron chi connectivity index (χ3n) is 6.06. The third-order valence-corrected chi connectivity index (χ3v) is 6.63. The molecule has 0 aliphatic carbocycles. The monoisotopic (exact) mass is 556 g/mol. The number of amides is 2. The number of aliphatic hydroxyl groups is 2. The van der Waals surface area contributed by atoms with Gasteiger partial charge in [0.2, 0.25) is 0 Å². The minimum absolute atomic E-state index is 0.0136. The lowest BCUT2D eigenvalue weighted by Gasteiger charge is -2.33. The lowest BCUT2D eigenvalue weighted by molar-refractivity contribution is -0.205. The molecule has 194 valence electrons. The van der Waals surface area contributed by atoms with Crippen LogP contribution in [0.5, 0.6) is 0 Å². The van der Waals surface area contributed by atoms with Gasteiger partial charge in [-0.1, -0.05) is 23.2 Å². The molecule has 1 atom stereocenters. The molecule has 0 radical (unpaired) electrons. The fourth-order valence-electron chi connectivity index (χ4n) is 4.03. The fraction of sp³-hybridized carbons (Fsp3) is 0.200. The standard InChI is InChI=1S/C25H18Cl2F4N2O4/c26-14-2-6-21-17(10-14)24(37,12-34)25(30,31)7-8-33(21)23(36)13-1-5-20(19(29)9-13)32-22(35)16-11-15(28)3-4-18(16)27/h1-6,9-11,34,37H,7-8,12H2,(H,32,35)/t24-/m0/s1. The van der Waals surface area contributed by atoms with Crippen molar-refractivity contribution in [2.75, 3.05) is 23.4 Å². The molecule has 3 aromatic rings. The van der Waals surface area contributed by atoms with Crippen LogP contribution in [0.25, 0.3) is 0 Å². The highest BCUT2D eigenvalue weighted by molar-refractivity contribution is 6.34. The minimum Gasteiger partial charge on any atom is -0.393 e. The van der Waals surface area contributed by atoms with Gasteiger partial charge < -0.3 is 20.4 Å². The highest BCUT2D eigenvalue weighted by Crippen LogP contribution is 2.47. The summed E-state index contributed by atoms with van der Waals surface area (Å²) in [5.41, 5.74) is -4.45. The molecule has 37 heavy (non-hydrogen) atoms. The second kappa shape index (κ2) is 9.94. The molecule has 1 aliphatic heterocycles. The Kier molecular flexibility index (Phi) is 7.22. The summed E-state index contributed by atoms with van der Waals surface area (Å²) in [6.45, 7) is -1.91. The van der Waals surface area contributed by atoms with Crippen molar-refractivity contribution in [3.63, 3.8) is 0 Å². The van der Waals surface area contributed by atoms with Crippen LogP contribution in [0.15, 0.2) is 54.6 Å². The molecule has 3 aromatic carbocycles. The van der Waals surface area contributed by atoms with Crippen molar-refractivity contribution in [3.05, 3.63) is 93.0 Å². The first-order chi connectivity index (χ1) is 17.4. The molecule has 3 N–H and O–H groups in total. The van der Waals surface area contributed by atoms with Crippen LogP contribution in [0.1, 0.15) is 32.7 Å². The average molecular weight is 557 g/mol. The summed E-state index contributed by atoms with van der Waals surface area (Å²) in [6.07, 6.45) is -1.01. The summed E-state index contributed by atoms with van der Waals surface area (Å²) in [5.74, 6) is -7.37. The summed E-state index contributed by atoms with van der Waals surface area (Å²) in [4.78, 5) is 26.6. The molecule has 0 spiro atoms. The second-order valence-electron chi connectivity index (χ2n) is 8.36. The van der Waals surface area contributed by atoms with Gasteiger partial charge in [-0.2, -0.15) is 0 Å². The van der Waals surface area contributed by atoms with Crippen LogP contribution >= 0.6 is 23.2 Å². The Bertz CT molecular complexity index is 1410. The predicted molar refractivity (Wildman–Crippen MR) is 129 cm³/mol. The first-order valence-electron chi connectivity index (χ1n) is 10.8. The van der Waals surface area contributed by atoms with Gasteiger partial charge in [0.05, 0.1) is 28.6 Å². The number of carbonyl (C=O) groups is 2. The van der Waals surface area contributed by atoms with Gasteiger partial charge in [-0.05, 0) is 54.6 Å². The van der Waals surface area contributed by atoms with Gasteiger partial charge in [0.15, 0.2) is 5.60 Å². The molecular formula is C25H18Cl2F4N2O4. The largest absolute Gasteiger partial charge is 0.393 e. The summed E-state index contributed by atoms with van der Waals surface area (Å²) < 4.78 is 58.1. The van der Waals surface area contributed by atoms with Crippen molar-refractivity contribution in [1.29, 1.82) is 0 Å². The molecule has 2 amide bonds. The van der Waals surface area contributed by atoms with Gasteiger partial charge >= 0.3 is 0 Å². The summed E-state index contributed by atoms with van der Waals surface area (Å²) >= 11 is 11.8. The van der Waals surface area contributed by atoms with Gasteiger partial charge in [-0.15, -0.1) is 0 Å². The Hall–Kier alpha value is -3.18. The van der Waals surface area contributed by atoms with Crippen LogP contribution < -0.4 is 10.2 Å². The summed E-state index contributed by atoms with van der Waals surface area (Å²) in [6, 6.07) is 9.71. The number of nitrogens with zero attached hydrogens (tertiary/aromatic N) is 1. The molecule has 1 heterocycles. The zero-order chi connectivity index (χ0) is 27.1. The number of fused-ring (bicyclic) bond motifs is 1. The second-order valence-corrected chi connectivity index (χ2v) is 9.21. The van der Waals surface area contributed by atoms with Crippen LogP contribution in [0.2, 0.25) is 10.0 Å². The van der Waals surface area contributed by atoms with E-state index < -0.39 is 60.1 Å².